The fraction of sp³-hybridized carbons (Fsp3) is 0.350. The van der Waals surface area contributed by atoms with Crippen molar-refractivity contribution in [1.82, 2.24) is 5.32 Å². The van der Waals surface area contributed by atoms with E-state index in [4.69, 9.17) is 9.47 Å². The van der Waals surface area contributed by atoms with E-state index in [0.717, 1.165) is 43.3 Å². The molecule has 0 spiro atoms. The van der Waals surface area contributed by atoms with Gasteiger partial charge in [-0.15, -0.1) is 0 Å². The molecule has 1 N–H and O–H groups in total. The van der Waals surface area contributed by atoms with Gasteiger partial charge in [0.05, 0.1) is 19.8 Å². The van der Waals surface area contributed by atoms with Crippen molar-refractivity contribution < 1.29 is 14.3 Å². The van der Waals surface area contributed by atoms with Gasteiger partial charge in [0.25, 0.3) is 5.91 Å². The van der Waals surface area contributed by atoms with Crippen molar-refractivity contribution in [3.8, 4) is 5.75 Å². The number of nitrogens with zero attached hydrogens (tertiary/aromatic N) is 1. The summed E-state index contributed by atoms with van der Waals surface area (Å²) in [6.07, 6.45) is 0. The first kappa shape index (κ1) is 17.3. The van der Waals surface area contributed by atoms with E-state index in [-0.39, 0.29) is 5.91 Å². The highest BCUT2D eigenvalue weighted by Gasteiger charge is 2.12. The van der Waals surface area contributed by atoms with Crippen LogP contribution in [0.15, 0.2) is 48.5 Å². The Labute approximate surface area is 148 Å². The number of benzene rings is 2. The number of carbonyl (C=O) groups is 1. The van der Waals surface area contributed by atoms with Crippen LogP contribution >= 0.6 is 0 Å². The average molecular weight is 340 g/mol. The van der Waals surface area contributed by atoms with Crippen LogP contribution < -0.4 is 15.0 Å². The van der Waals surface area contributed by atoms with E-state index in [1.54, 1.807) is 0 Å². The lowest BCUT2D eigenvalue weighted by Crippen LogP contribution is -2.36. The third-order valence-corrected chi connectivity index (χ3v) is 4.17. The number of amides is 1. The molecular weight excluding hydrogens is 316 g/mol. The summed E-state index contributed by atoms with van der Waals surface area (Å²) in [6.45, 7) is 6.35. The molecule has 1 aliphatic rings. The van der Waals surface area contributed by atoms with E-state index in [1.165, 1.54) is 0 Å². The van der Waals surface area contributed by atoms with Gasteiger partial charge >= 0.3 is 0 Å². The molecule has 0 bridgehead atoms. The molecule has 2 aromatic rings. The molecule has 0 atom stereocenters. The van der Waals surface area contributed by atoms with Gasteiger partial charge in [0.15, 0.2) is 0 Å². The largest absolute Gasteiger partial charge is 0.494 e. The molecule has 0 unspecified atom stereocenters. The van der Waals surface area contributed by atoms with E-state index in [2.05, 4.69) is 10.2 Å². The minimum absolute atomic E-state index is 0.0738. The number of morpholine rings is 1. The lowest BCUT2D eigenvalue weighted by molar-refractivity contribution is 0.0950. The number of hydrogen-bond donors (Lipinski definition) is 1. The van der Waals surface area contributed by atoms with Crippen molar-refractivity contribution in [2.45, 2.75) is 13.5 Å². The zero-order chi connectivity index (χ0) is 17.5. The average Bonchev–Trinajstić information content (AvgIpc) is 2.67. The number of anilines is 1. The van der Waals surface area contributed by atoms with E-state index >= 15 is 0 Å². The van der Waals surface area contributed by atoms with Crippen molar-refractivity contribution in [1.29, 1.82) is 0 Å². The van der Waals surface area contributed by atoms with Gasteiger partial charge in [-0.2, -0.15) is 0 Å². The van der Waals surface area contributed by atoms with Gasteiger partial charge in [0, 0.05) is 30.9 Å². The number of carbonyl (C=O) groups excluding carboxylic acids is 1. The maximum Gasteiger partial charge on any atom is 0.251 e. The van der Waals surface area contributed by atoms with Gasteiger partial charge in [-0.3, -0.25) is 4.79 Å². The van der Waals surface area contributed by atoms with E-state index in [0.29, 0.717) is 18.7 Å². The predicted octanol–water partition coefficient (Wildman–Crippen LogP) is 2.85. The summed E-state index contributed by atoms with van der Waals surface area (Å²) in [5, 5.41) is 2.96. The van der Waals surface area contributed by atoms with Crippen LogP contribution in [0.3, 0.4) is 0 Å². The highest BCUT2D eigenvalue weighted by atomic mass is 16.5. The van der Waals surface area contributed by atoms with Crippen LogP contribution in [0.2, 0.25) is 0 Å². The standard InChI is InChI=1S/C20H24N2O3/c1-2-25-19-5-3-4-16(14-19)15-21-20(23)17-6-8-18(9-7-17)22-10-12-24-13-11-22/h3-9,14H,2,10-13,15H2,1H3,(H,21,23). The van der Waals surface area contributed by atoms with Gasteiger partial charge in [-0.1, -0.05) is 12.1 Å². The molecule has 0 aromatic heterocycles. The molecule has 5 nitrogen and oxygen atoms in total. The predicted molar refractivity (Wildman–Crippen MR) is 98.3 cm³/mol. The molecule has 5 heteroatoms. The number of ether oxygens (including phenoxy) is 2. The summed E-state index contributed by atoms with van der Waals surface area (Å²) in [5.41, 5.74) is 2.81. The normalized spacial score (nSPS) is 14.2. The number of hydrogen-bond acceptors (Lipinski definition) is 4. The molecule has 1 fully saturated rings. The highest BCUT2D eigenvalue weighted by Crippen LogP contribution is 2.17. The Kier molecular flexibility index (Phi) is 5.90. The lowest BCUT2D eigenvalue weighted by Gasteiger charge is -2.28. The zero-order valence-corrected chi connectivity index (χ0v) is 14.5. The quantitative estimate of drug-likeness (QED) is 0.878. The smallest absolute Gasteiger partial charge is 0.251 e. The Morgan fingerprint density at radius 1 is 1.16 bits per heavy atom. The molecule has 0 aliphatic carbocycles. The number of nitrogens with one attached hydrogen (secondary N) is 1. The first-order valence-corrected chi connectivity index (χ1v) is 8.69. The third kappa shape index (κ3) is 4.73. The molecule has 1 heterocycles. The fourth-order valence-electron chi connectivity index (χ4n) is 2.84. The van der Waals surface area contributed by atoms with Crippen molar-refractivity contribution in [3.05, 3.63) is 59.7 Å². The van der Waals surface area contributed by atoms with Gasteiger partial charge in [-0.05, 0) is 48.9 Å². The Bertz CT molecular complexity index is 694. The highest BCUT2D eigenvalue weighted by molar-refractivity contribution is 5.94. The van der Waals surface area contributed by atoms with Crippen molar-refractivity contribution >= 4 is 11.6 Å². The minimum atomic E-state index is -0.0738. The molecule has 2 aromatic carbocycles. The summed E-state index contributed by atoms with van der Waals surface area (Å²) < 4.78 is 10.8. The van der Waals surface area contributed by atoms with Crippen LogP contribution in [0.5, 0.6) is 5.75 Å². The second-order valence-electron chi connectivity index (χ2n) is 5.91. The Hall–Kier alpha value is -2.53. The number of rotatable bonds is 6. The van der Waals surface area contributed by atoms with Crippen LogP contribution in [0.4, 0.5) is 5.69 Å². The molecular formula is C20H24N2O3. The summed E-state index contributed by atoms with van der Waals surface area (Å²) in [6, 6.07) is 15.5. The Morgan fingerprint density at radius 2 is 1.92 bits per heavy atom. The molecule has 25 heavy (non-hydrogen) atoms. The van der Waals surface area contributed by atoms with Crippen LogP contribution in [0, 0.1) is 0 Å². The molecule has 0 radical (unpaired) electrons. The molecule has 0 saturated carbocycles. The SMILES string of the molecule is CCOc1cccc(CNC(=O)c2ccc(N3CCOCC3)cc2)c1. The van der Waals surface area contributed by atoms with E-state index in [9.17, 15) is 4.79 Å². The zero-order valence-electron chi connectivity index (χ0n) is 14.5. The third-order valence-electron chi connectivity index (χ3n) is 4.17. The second kappa shape index (κ2) is 8.53. The Balaban J connectivity index is 1.56. The maximum absolute atomic E-state index is 12.3. The summed E-state index contributed by atoms with van der Waals surface area (Å²) >= 11 is 0. The van der Waals surface area contributed by atoms with Crippen LogP contribution in [0.25, 0.3) is 0 Å². The molecule has 3 rings (SSSR count). The summed E-state index contributed by atoms with van der Waals surface area (Å²) in [4.78, 5) is 14.6. The first-order valence-electron chi connectivity index (χ1n) is 8.69. The van der Waals surface area contributed by atoms with E-state index < -0.39 is 0 Å². The van der Waals surface area contributed by atoms with Gasteiger partial charge in [-0.25, -0.2) is 0 Å². The fourth-order valence-corrected chi connectivity index (χ4v) is 2.84. The van der Waals surface area contributed by atoms with E-state index in [1.807, 2.05) is 55.5 Å². The van der Waals surface area contributed by atoms with Gasteiger partial charge in [0.1, 0.15) is 5.75 Å². The summed E-state index contributed by atoms with van der Waals surface area (Å²) in [7, 11) is 0. The lowest BCUT2D eigenvalue weighted by atomic mass is 10.1. The minimum Gasteiger partial charge on any atom is -0.494 e. The van der Waals surface area contributed by atoms with Crippen molar-refractivity contribution in [2.75, 3.05) is 37.8 Å². The maximum atomic E-state index is 12.3. The Morgan fingerprint density at radius 3 is 2.64 bits per heavy atom. The summed E-state index contributed by atoms with van der Waals surface area (Å²) in [5.74, 6) is 0.749. The van der Waals surface area contributed by atoms with Gasteiger partial charge in [0.2, 0.25) is 0 Å². The van der Waals surface area contributed by atoms with Gasteiger partial charge < -0.3 is 19.7 Å². The molecule has 1 saturated heterocycles. The molecule has 1 amide bonds. The van der Waals surface area contributed by atoms with Crippen LogP contribution in [-0.2, 0) is 11.3 Å². The van der Waals surface area contributed by atoms with Crippen LogP contribution in [0.1, 0.15) is 22.8 Å². The molecule has 132 valence electrons. The molecule has 1 aliphatic heterocycles. The topological polar surface area (TPSA) is 50.8 Å². The van der Waals surface area contributed by atoms with Crippen molar-refractivity contribution in [3.63, 3.8) is 0 Å². The monoisotopic (exact) mass is 340 g/mol. The first-order chi connectivity index (χ1) is 12.3. The second-order valence-corrected chi connectivity index (χ2v) is 5.91. The van der Waals surface area contributed by atoms with Crippen LogP contribution in [-0.4, -0.2) is 38.8 Å². The van der Waals surface area contributed by atoms with Crippen molar-refractivity contribution in [2.24, 2.45) is 0 Å².